The summed E-state index contributed by atoms with van der Waals surface area (Å²) in [5, 5.41) is 0. The highest BCUT2D eigenvalue weighted by Gasteiger charge is 2.08. The molecule has 18 heavy (non-hydrogen) atoms. The molecule has 1 rings (SSSR count). The monoisotopic (exact) mass is 252 g/mol. The normalized spacial score (nSPS) is 12.1. The molecule has 0 unspecified atom stereocenters. The van der Waals surface area contributed by atoms with E-state index in [1.165, 1.54) is 7.11 Å². The van der Waals surface area contributed by atoms with E-state index in [9.17, 15) is 4.79 Å². The van der Waals surface area contributed by atoms with Crippen LogP contribution in [0.2, 0.25) is 0 Å². The van der Waals surface area contributed by atoms with Gasteiger partial charge < -0.3 is 14.2 Å². The van der Waals surface area contributed by atoms with Crippen LogP contribution in [0.25, 0.3) is 0 Å². The van der Waals surface area contributed by atoms with Crippen LogP contribution >= 0.6 is 0 Å². The predicted octanol–water partition coefficient (Wildman–Crippen LogP) is 2.38. The Bertz CT molecular complexity index is 337. The molecular formula is C14H20O4. The van der Waals surface area contributed by atoms with Gasteiger partial charge >= 0.3 is 5.97 Å². The first-order valence-corrected chi connectivity index (χ1v) is 5.98. The topological polar surface area (TPSA) is 44.8 Å². The van der Waals surface area contributed by atoms with E-state index in [2.05, 4.69) is 4.74 Å². The number of hydrogen-bond acceptors (Lipinski definition) is 4. The third-order valence-electron chi connectivity index (χ3n) is 2.42. The predicted molar refractivity (Wildman–Crippen MR) is 67.8 cm³/mol. The Kier molecular flexibility index (Phi) is 7.06. The summed E-state index contributed by atoms with van der Waals surface area (Å²) >= 11 is 0. The minimum Gasteiger partial charge on any atom is -0.469 e. The largest absolute Gasteiger partial charge is 0.469 e. The van der Waals surface area contributed by atoms with E-state index in [-0.39, 0.29) is 18.7 Å². The summed E-state index contributed by atoms with van der Waals surface area (Å²) in [5.74, 6) is -0.0749. The zero-order chi connectivity index (χ0) is 13.2. The van der Waals surface area contributed by atoms with E-state index in [0.717, 1.165) is 5.56 Å². The molecule has 0 aliphatic rings. The molecule has 0 amide bonds. The van der Waals surface area contributed by atoms with Gasteiger partial charge in [-0.3, -0.25) is 4.79 Å². The van der Waals surface area contributed by atoms with Crippen LogP contribution < -0.4 is 0 Å². The van der Waals surface area contributed by atoms with Crippen molar-refractivity contribution >= 4 is 5.97 Å². The van der Waals surface area contributed by atoms with Gasteiger partial charge in [0, 0.05) is 0 Å². The van der Waals surface area contributed by atoms with Gasteiger partial charge in [0.2, 0.25) is 0 Å². The molecule has 0 radical (unpaired) electrons. The fourth-order valence-corrected chi connectivity index (χ4v) is 1.47. The number of benzene rings is 1. The van der Waals surface area contributed by atoms with E-state index in [1.54, 1.807) is 0 Å². The Hall–Kier alpha value is -1.39. The Morgan fingerprint density at radius 1 is 1.22 bits per heavy atom. The van der Waals surface area contributed by atoms with Crippen molar-refractivity contribution in [3.8, 4) is 0 Å². The van der Waals surface area contributed by atoms with E-state index in [0.29, 0.717) is 19.6 Å². The number of rotatable bonds is 8. The molecule has 0 aliphatic heterocycles. The third kappa shape index (κ3) is 6.37. The van der Waals surface area contributed by atoms with Crippen LogP contribution in [-0.2, 0) is 25.6 Å². The number of ether oxygens (including phenoxy) is 3. The van der Waals surface area contributed by atoms with Crippen LogP contribution in [0.4, 0.5) is 0 Å². The molecule has 0 aromatic heterocycles. The molecule has 0 bridgehead atoms. The molecule has 0 aliphatic carbocycles. The zero-order valence-electron chi connectivity index (χ0n) is 10.9. The van der Waals surface area contributed by atoms with Crippen LogP contribution in [0.5, 0.6) is 0 Å². The Morgan fingerprint density at radius 3 is 2.61 bits per heavy atom. The number of carbonyl (C=O) groups excluding carboxylic acids is 1. The van der Waals surface area contributed by atoms with Crippen molar-refractivity contribution in [3.63, 3.8) is 0 Å². The van der Waals surface area contributed by atoms with E-state index >= 15 is 0 Å². The molecule has 0 heterocycles. The summed E-state index contributed by atoms with van der Waals surface area (Å²) in [6.45, 7) is 3.20. The van der Waals surface area contributed by atoms with Gasteiger partial charge in [0.25, 0.3) is 0 Å². The van der Waals surface area contributed by atoms with Crippen LogP contribution in [0.1, 0.15) is 18.9 Å². The van der Waals surface area contributed by atoms with Crippen molar-refractivity contribution < 1.29 is 19.0 Å². The maximum atomic E-state index is 11.0. The van der Waals surface area contributed by atoms with Crippen molar-refractivity contribution in [1.82, 2.24) is 0 Å². The maximum Gasteiger partial charge on any atom is 0.305 e. The van der Waals surface area contributed by atoms with Gasteiger partial charge in [-0.1, -0.05) is 37.3 Å². The third-order valence-corrected chi connectivity index (χ3v) is 2.42. The van der Waals surface area contributed by atoms with Crippen LogP contribution in [0.15, 0.2) is 30.3 Å². The number of hydrogen-bond donors (Lipinski definition) is 0. The van der Waals surface area contributed by atoms with Gasteiger partial charge in [-0.2, -0.15) is 0 Å². The van der Waals surface area contributed by atoms with Gasteiger partial charge in [-0.15, -0.1) is 0 Å². The van der Waals surface area contributed by atoms with Gasteiger partial charge in [0.1, 0.15) is 6.79 Å². The molecule has 0 saturated heterocycles. The molecule has 100 valence electrons. The molecule has 0 spiro atoms. The molecule has 1 aromatic rings. The molecular weight excluding hydrogens is 232 g/mol. The van der Waals surface area contributed by atoms with Crippen LogP contribution in [0.3, 0.4) is 0 Å². The van der Waals surface area contributed by atoms with Gasteiger partial charge in [0.15, 0.2) is 0 Å². The average Bonchev–Trinajstić information content (AvgIpc) is 2.39. The molecule has 1 atom stereocenters. The first kappa shape index (κ1) is 14.7. The van der Waals surface area contributed by atoms with Gasteiger partial charge in [-0.05, 0) is 11.5 Å². The fourth-order valence-electron chi connectivity index (χ4n) is 1.47. The molecule has 0 saturated carbocycles. The maximum absolute atomic E-state index is 11.0. The minimum absolute atomic E-state index is 0.137. The lowest BCUT2D eigenvalue weighted by atomic mass is 10.1. The number of esters is 1. The first-order valence-electron chi connectivity index (χ1n) is 5.98. The smallest absolute Gasteiger partial charge is 0.305 e. The second-order valence-corrected chi connectivity index (χ2v) is 4.21. The van der Waals surface area contributed by atoms with E-state index in [4.69, 9.17) is 9.47 Å². The highest BCUT2D eigenvalue weighted by molar-refractivity contribution is 5.69. The summed E-state index contributed by atoms with van der Waals surface area (Å²) in [6, 6.07) is 9.91. The second-order valence-electron chi connectivity index (χ2n) is 4.21. The van der Waals surface area contributed by atoms with Crippen LogP contribution in [-0.4, -0.2) is 26.5 Å². The fraction of sp³-hybridized carbons (Fsp3) is 0.500. The highest BCUT2D eigenvalue weighted by atomic mass is 16.7. The lowest BCUT2D eigenvalue weighted by Gasteiger charge is -2.11. The SMILES string of the molecule is COC(=O)C[C@H](C)COCOCc1ccccc1. The quantitative estimate of drug-likeness (QED) is 0.405. The van der Waals surface area contributed by atoms with Crippen molar-refractivity contribution in [3.05, 3.63) is 35.9 Å². The standard InChI is InChI=1S/C14H20O4/c1-12(8-14(15)16-2)9-17-11-18-10-13-6-4-3-5-7-13/h3-7,12H,8-11H2,1-2H3/t12-/m0/s1. The van der Waals surface area contributed by atoms with Gasteiger partial charge in [0.05, 0.1) is 26.7 Å². The van der Waals surface area contributed by atoms with Crippen LogP contribution in [0, 0.1) is 5.92 Å². The summed E-state index contributed by atoms with van der Waals surface area (Å²) in [7, 11) is 1.39. The Balaban J connectivity index is 2.03. The average molecular weight is 252 g/mol. The lowest BCUT2D eigenvalue weighted by Crippen LogP contribution is -2.13. The first-order chi connectivity index (χ1) is 8.72. The molecule has 0 N–H and O–H groups in total. The van der Waals surface area contributed by atoms with Gasteiger partial charge in [-0.25, -0.2) is 0 Å². The number of methoxy groups -OCH3 is 1. The van der Waals surface area contributed by atoms with Crippen molar-refractivity contribution in [1.29, 1.82) is 0 Å². The Morgan fingerprint density at radius 2 is 1.94 bits per heavy atom. The summed E-state index contributed by atoms with van der Waals surface area (Å²) in [5.41, 5.74) is 1.11. The van der Waals surface area contributed by atoms with E-state index < -0.39 is 0 Å². The van der Waals surface area contributed by atoms with Crippen molar-refractivity contribution in [2.75, 3.05) is 20.5 Å². The molecule has 1 aromatic carbocycles. The molecule has 4 nitrogen and oxygen atoms in total. The lowest BCUT2D eigenvalue weighted by molar-refractivity contribution is -0.142. The zero-order valence-corrected chi connectivity index (χ0v) is 10.9. The van der Waals surface area contributed by atoms with Crippen molar-refractivity contribution in [2.45, 2.75) is 20.0 Å². The summed E-state index contributed by atoms with van der Waals surface area (Å²) in [4.78, 5) is 11.0. The van der Waals surface area contributed by atoms with E-state index in [1.807, 2.05) is 37.3 Å². The summed E-state index contributed by atoms with van der Waals surface area (Å²) < 4.78 is 15.3. The molecule has 0 fully saturated rings. The Labute approximate surface area is 108 Å². The minimum atomic E-state index is -0.212. The van der Waals surface area contributed by atoms with Crippen molar-refractivity contribution in [2.24, 2.45) is 5.92 Å². The highest BCUT2D eigenvalue weighted by Crippen LogP contribution is 2.04. The molecule has 4 heteroatoms. The summed E-state index contributed by atoms with van der Waals surface area (Å²) in [6.07, 6.45) is 0.370. The number of carbonyl (C=O) groups is 1. The second kappa shape index (κ2) is 8.66.